The Morgan fingerprint density at radius 3 is 2.91 bits per heavy atom. The van der Waals surface area contributed by atoms with Gasteiger partial charge in [-0.1, -0.05) is 24.4 Å². The van der Waals surface area contributed by atoms with Crippen LogP contribution >= 0.6 is 11.6 Å². The number of halogens is 1. The minimum atomic E-state index is -0.0602. The molecule has 0 spiro atoms. The van der Waals surface area contributed by atoms with Crippen LogP contribution in [0.2, 0.25) is 5.02 Å². The van der Waals surface area contributed by atoms with Gasteiger partial charge in [-0.25, -0.2) is 0 Å². The molecule has 2 fully saturated rings. The summed E-state index contributed by atoms with van der Waals surface area (Å²) in [5.41, 5.74) is 0.944. The highest BCUT2D eigenvalue weighted by Crippen LogP contribution is 2.35. The standard InChI is InChI=1S/C18H22ClN3O/c19-15-8-7-14(11-20)16(10-15)21-18(23)12-22-9-3-5-13-4-1-2-6-17(13)22/h7-8,10,13,17H,1-6,9,12H2,(H,21,23). The monoisotopic (exact) mass is 331 g/mol. The molecule has 122 valence electrons. The van der Waals surface area contributed by atoms with Gasteiger partial charge in [0.05, 0.1) is 17.8 Å². The van der Waals surface area contributed by atoms with Crippen molar-refractivity contribution in [1.29, 1.82) is 5.26 Å². The first-order chi connectivity index (χ1) is 11.2. The van der Waals surface area contributed by atoms with Gasteiger partial charge in [-0.15, -0.1) is 0 Å². The number of nitrogens with zero attached hydrogens (tertiary/aromatic N) is 2. The number of likely N-dealkylation sites (tertiary alicyclic amines) is 1. The third-order valence-corrected chi connectivity index (χ3v) is 5.32. The van der Waals surface area contributed by atoms with Crippen molar-refractivity contribution in [3.05, 3.63) is 28.8 Å². The van der Waals surface area contributed by atoms with E-state index in [0.717, 1.165) is 12.5 Å². The Kier molecular flexibility index (Phi) is 5.20. The van der Waals surface area contributed by atoms with Crippen molar-refractivity contribution in [1.82, 2.24) is 4.90 Å². The van der Waals surface area contributed by atoms with E-state index in [0.29, 0.717) is 28.9 Å². The maximum atomic E-state index is 12.4. The second kappa shape index (κ2) is 7.33. The molecule has 0 aromatic heterocycles. The van der Waals surface area contributed by atoms with Crippen molar-refractivity contribution in [2.45, 2.75) is 44.6 Å². The zero-order chi connectivity index (χ0) is 16.2. The predicted molar refractivity (Wildman–Crippen MR) is 91.3 cm³/mol. The van der Waals surface area contributed by atoms with Gasteiger partial charge in [0, 0.05) is 11.1 Å². The number of hydrogen-bond donors (Lipinski definition) is 1. The second-order valence-corrected chi connectivity index (χ2v) is 7.01. The molecule has 1 N–H and O–H groups in total. The van der Waals surface area contributed by atoms with E-state index in [1.54, 1.807) is 18.2 Å². The summed E-state index contributed by atoms with van der Waals surface area (Å²) in [7, 11) is 0. The van der Waals surface area contributed by atoms with Crippen LogP contribution in [0, 0.1) is 17.2 Å². The molecule has 1 saturated carbocycles. The minimum absolute atomic E-state index is 0.0602. The Morgan fingerprint density at radius 1 is 1.30 bits per heavy atom. The van der Waals surface area contributed by atoms with Crippen LogP contribution in [0.1, 0.15) is 44.1 Å². The van der Waals surface area contributed by atoms with E-state index < -0.39 is 0 Å². The smallest absolute Gasteiger partial charge is 0.238 e. The van der Waals surface area contributed by atoms with Gasteiger partial charge in [0.1, 0.15) is 6.07 Å². The molecule has 1 aromatic carbocycles. The molecule has 0 radical (unpaired) electrons. The first kappa shape index (κ1) is 16.3. The first-order valence-corrected chi connectivity index (χ1v) is 8.78. The molecular formula is C18H22ClN3O. The lowest BCUT2D eigenvalue weighted by Crippen LogP contribution is -2.49. The van der Waals surface area contributed by atoms with E-state index in [1.807, 2.05) is 0 Å². The van der Waals surface area contributed by atoms with Crippen LogP contribution in [0.4, 0.5) is 5.69 Å². The number of nitriles is 1. The summed E-state index contributed by atoms with van der Waals surface area (Å²) in [6.45, 7) is 1.40. The fourth-order valence-electron chi connectivity index (χ4n) is 4.02. The summed E-state index contributed by atoms with van der Waals surface area (Å²) in [5, 5.41) is 12.5. The van der Waals surface area contributed by atoms with Gasteiger partial charge in [0.15, 0.2) is 0 Å². The zero-order valence-electron chi connectivity index (χ0n) is 13.2. The summed E-state index contributed by atoms with van der Waals surface area (Å²) < 4.78 is 0. The maximum absolute atomic E-state index is 12.4. The van der Waals surface area contributed by atoms with Crippen molar-refractivity contribution >= 4 is 23.2 Å². The number of rotatable bonds is 3. The van der Waals surface area contributed by atoms with E-state index >= 15 is 0 Å². The topological polar surface area (TPSA) is 56.1 Å². The Labute approximate surface area is 142 Å². The van der Waals surface area contributed by atoms with Crippen LogP contribution in [-0.4, -0.2) is 29.9 Å². The van der Waals surface area contributed by atoms with Crippen molar-refractivity contribution in [2.75, 3.05) is 18.4 Å². The van der Waals surface area contributed by atoms with Crippen LogP contribution in [0.3, 0.4) is 0 Å². The number of carbonyl (C=O) groups excluding carboxylic acids is 1. The lowest BCUT2D eigenvalue weighted by atomic mass is 9.78. The van der Waals surface area contributed by atoms with Crippen LogP contribution in [0.15, 0.2) is 18.2 Å². The van der Waals surface area contributed by atoms with Crippen molar-refractivity contribution in [3.63, 3.8) is 0 Å². The van der Waals surface area contributed by atoms with Crippen LogP contribution in [0.25, 0.3) is 0 Å². The quantitative estimate of drug-likeness (QED) is 0.916. The second-order valence-electron chi connectivity index (χ2n) is 6.57. The average molecular weight is 332 g/mol. The fourth-order valence-corrected chi connectivity index (χ4v) is 4.19. The lowest BCUT2D eigenvalue weighted by molar-refractivity contribution is -0.118. The molecule has 0 bridgehead atoms. The molecule has 1 aliphatic carbocycles. The van der Waals surface area contributed by atoms with Crippen LogP contribution in [-0.2, 0) is 4.79 Å². The number of hydrogen-bond acceptors (Lipinski definition) is 3. The van der Waals surface area contributed by atoms with E-state index in [-0.39, 0.29) is 5.91 Å². The number of nitrogens with one attached hydrogen (secondary N) is 1. The first-order valence-electron chi connectivity index (χ1n) is 8.41. The molecular weight excluding hydrogens is 310 g/mol. The lowest BCUT2D eigenvalue weighted by Gasteiger charge is -2.43. The number of anilines is 1. The SMILES string of the molecule is N#Cc1ccc(Cl)cc1NC(=O)CN1CCCC2CCCCC21. The molecule has 1 saturated heterocycles. The van der Waals surface area contributed by atoms with Gasteiger partial charge in [-0.05, 0) is 56.3 Å². The zero-order valence-corrected chi connectivity index (χ0v) is 14.0. The number of fused-ring (bicyclic) bond motifs is 1. The Balaban J connectivity index is 1.65. The van der Waals surface area contributed by atoms with Crippen molar-refractivity contribution in [3.8, 4) is 6.07 Å². The molecule has 2 aliphatic rings. The largest absolute Gasteiger partial charge is 0.324 e. The molecule has 1 aliphatic heterocycles. The highest BCUT2D eigenvalue weighted by Gasteiger charge is 2.33. The highest BCUT2D eigenvalue weighted by molar-refractivity contribution is 6.31. The number of benzene rings is 1. The van der Waals surface area contributed by atoms with E-state index in [4.69, 9.17) is 16.9 Å². The van der Waals surface area contributed by atoms with Gasteiger partial charge >= 0.3 is 0 Å². The summed E-state index contributed by atoms with van der Waals surface area (Å²) >= 11 is 5.97. The fraction of sp³-hybridized carbons (Fsp3) is 0.556. The van der Waals surface area contributed by atoms with Gasteiger partial charge in [0.25, 0.3) is 0 Å². The Morgan fingerprint density at radius 2 is 2.09 bits per heavy atom. The molecule has 2 atom stereocenters. The van der Waals surface area contributed by atoms with Crippen LogP contribution in [0.5, 0.6) is 0 Å². The molecule has 1 amide bonds. The average Bonchev–Trinajstić information content (AvgIpc) is 2.55. The highest BCUT2D eigenvalue weighted by atomic mass is 35.5. The van der Waals surface area contributed by atoms with E-state index in [9.17, 15) is 4.79 Å². The summed E-state index contributed by atoms with van der Waals surface area (Å²) in [6.07, 6.45) is 7.58. The number of piperidine rings is 1. The summed E-state index contributed by atoms with van der Waals surface area (Å²) in [4.78, 5) is 14.8. The van der Waals surface area contributed by atoms with Crippen molar-refractivity contribution < 1.29 is 4.79 Å². The minimum Gasteiger partial charge on any atom is -0.324 e. The molecule has 3 rings (SSSR count). The van der Waals surface area contributed by atoms with Gasteiger partial charge in [-0.3, -0.25) is 9.69 Å². The molecule has 2 unspecified atom stereocenters. The molecule has 1 aromatic rings. The van der Waals surface area contributed by atoms with Crippen LogP contribution < -0.4 is 5.32 Å². The van der Waals surface area contributed by atoms with Gasteiger partial charge in [-0.2, -0.15) is 5.26 Å². The molecule has 23 heavy (non-hydrogen) atoms. The molecule has 4 nitrogen and oxygen atoms in total. The normalized spacial score (nSPS) is 24.5. The third kappa shape index (κ3) is 3.85. The van der Waals surface area contributed by atoms with Gasteiger partial charge in [0.2, 0.25) is 5.91 Å². The van der Waals surface area contributed by atoms with Gasteiger partial charge < -0.3 is 5.32 Å². The number of carbonyl (C=O) groups is 1. The number of amides is 1. The Hall–Kier alpha value is -1.57. The Bertz CT molecular complexity index is 623. The van der Waals surface area contributed by atoms with E-state index in [1.165, 1.54) is 38.5 Å². The predicted octanol–water partition coefficient (Wildman–Crippen LogP) is 3.80. The molecule has 1 heterocycles. The molecule has 5 heteroatoms. The third-order valence-electron chi connectivity index (χ3n) is 5.08. The summed E-state index contributed by atoms with van der Waals surface area (Å²) in [5.74, 6) is 0.695. The maximum Gasteiger partial charge on any atom is 0.238 e. The van der Waals surface area contributed by atoms with E-state index in [2.05, 4.69) is 16.3 Å². The summed E-state index contributed by atoms with van der Waals surface area (Å²) in [6, 6.07) is 7.58. The van der Waals surface area contributed by atoms with Crippen molar-refractivity contribution in [2.24, 2.45) is 5.92 Å².